The van der Waals surface area contributed by atoms with Crippen molar-refractivity contribution < 1.29 is 14.1 Å². The standard InChI is InChI=1S/C13H22N4O4S/c1-14-13(12(21-13)17(18)19)15-6-7-22-9-11-5-4-10(20-11)8-16(2)3/h4-5,12,14-15H,6-9H2,1-3H3. The molecule has 0 bridgehead atoms. The highest BCUT2D eigenvalue weighted by Gasteiger charge is 2.66. The van der Waals surface area contributed by atoms with Crippen LogP contribution in [0.5, 0.6) is 0 Å². The molecule has 22 heavy (non-hydrogen) atoms. The van der Waals surface area contributed by atoms with Crippen molar-refractivity contribution in [1.29, 1.82) is 0 Å². The van der Waals surface area contributed by atoms with E-state index >= 15 is 0 Å². The van der Waals surface area contributed by atoms with Gasteiger partial charge >= 0.3 is 6.23 Å². The van der Waals surface area contributed by atoms with Crippen molar-refractivity contribution in [2.45, 2.75) is 24.4 Å². The normalized spacial score (nSPS) is 23.9. The summed E-state index contributed by atoms with van der Waals surface area (Å²) in [6, 6.07) is 3.98. The number of hydrogen-bond acceptors (Lipinski definition) is 8. The van der Waals surface area contributed by atoms with Crippen LogP contribution in [0, 0.1) is 10.1 Å². The minimum Gasteiger partial charge on any atom is -0.464 e. The first-order chi connectivity index (χ1) is 10.5. The van der Waals surface area contributed by atoms with Crippen molar-refractivity contribution in [3.63, 3.8) is 0 Å². The maximum Gasteiger partial charge on any atom is 0.375 e. The van der Waals surface area contributed by atoms with E-state index in [1.54, 1.807) is 18.8 Å². The minimum absolute atomic E-state index is 0.439. The van der Waals surface area contributed by atoms with Gasteiger partial charge in [-0.3, -0.25) is 25.5 Å². The highest BCUT2D eigenvalue weighted by molar-refractivity contribution is 7.98. The van der Waals surface area contributed by atoms with Crippen molar-refractivity contribution >= 4 is 11.8 Å². The first-order valence-electron chi connectivity index (χ1n) is 7.02. The second kappa shape index (κ2) is 7.42. The lowest BCUT2D eigenvalue weighted by Crippen LogP contribution is -2.48. The van der Waals surface area contributed by atoms with Gasteiger partial charge in [0.1, 0.15) is 11.5 Å². The lowest BCUT2D eigenvalue weighted by Gasteiger charge is -2.10. The molecule has 1 aliphatic rings. The van der Waals surface area contributed by atoms with E-state index in [9.17, 15) is 10.1 Å². The molecule has 0 amide bonds. The second-order valence-electron chi connectivity index (χ2n) is 5.33. The van der Waals surface area contributed by atoms with E-state index in [2.05, 4.69) is 15.5 Å². The highest BCUT2D eigenvalue weighted by Crippen LogP contribution is 2.30. The van der Waals surface area contributed by atoms with Crippen LogP contribution >= 0.6 is 11.8 Å². The van der Waals surface area contributed by atoms with Crippen LogP contribution in [-0.2, 0) is 17.0 Å². The Bertz CT molecular complexity index is 510. The van der Waals surface area contributed by atoms with Crippen LogP contribution in [0.1, 0.15) is 11.5 Å². The molecule has 2 heterocycles. The van der Waals surface area contributed by atoms with Crippen LogP contribution in [0.2, 0.25) is 0 Å². The average Bonchev–Trinajstić information content (AvgIpc) is 3.03. The van der Waals surface area contributed by atoms with E-state index in [1.807, 2.05) is 26.2 Å². The third-order valence-corrected chi connectivity index (χ3v) is 4.20. The number of furan rings is 1. The van der Waals surface area contributed by atoms with Crippen LogP contribution in [0.25, 0.3) is 0 Å². The van der Waals surface area contributed by atoms with Crippen molar-refractivity contribution in [2.75, 3.05) is 33.4 Å². The quantitative estimate of drug-likeness (QED) is 0.212. The van der Waals surface area contributed by atoms with Crippen LogP contribution in [0.3, 0.4) is 0 Å². The Morgan fingerprint density at radius 3 is 2.77 bits per heavy atom. The Morgan fingerprint density at radius 2 is 2.18 bits per heavy atom. The van der Waals surface area contributed by atoms with Crippen molar-refractivity contribution in [3.05, 3.63) is 33.8 Å². The lowest BCUT2D eigenvalue weighted by atomic mass is 10.4. The fourth-order valence-corrected chi connectivity index (χ4v) is 2.86. The summed E-state index contributed by atoms with van der Waals surface area (Å²) in [4.78, 5) is 12.3. The topological polar surface area (TPSA) is 96.1 Å². The molecule has 2 N–H and O–H groups in total. The predicted molar refractivity (Wildman–Crippen MR) is 83.9 cm³/mol. The molecule has 0 aliphatic carbocycles. The van der Waals surface area contributed by atoms with E-state index in [-0.39, 0.29) is 0 Å². The van der Waals surface area contributed by atoms with Gasteiger partial charge in [0.25, 0.3) is 5.85 Å². The predicted octanol–water partition coefficient (Wildman–Crippen LogP) is 0.670. The molecule has 2 unspecified atom stereocenters. The van der Waals surface area contributed by atoms with Gasteiger partial charge in [0.2, 0.25) is 0 Å². The first kappa shape index (κ1) is 17.2. The summed E-state index contributed by atoms with van der Waals surface area (Å²) in [5, 5.41) is 16.5. The number of hydrogen-bond donors (Lipinski definition) is 2. The second-order valence-corrected chi connectivity index (χ2v) is 6.43. The van der Waals surface area contributed by atoms with Crippen LogP contribution in [-0.4, -0.2) is 55.3 Å². The Balaban J connectivity index is 1.63. The molecule has 9 heteroatoms. The molecule has 124 valence electrons. The molecule has 0 saturated carbocycles. The lowest BCUT2D eigenvalue weighted by molar-refractivity contribution is -0.518. The first-order valence-corrected chi connectivity index (χ1v) is 8.17. The summed E-state index contributed by atoms with van der Waals surface area (Å²) in [6.45, 7) is 1.40. The molecule has 1 aromatic rings. The minimum atomic E-state index is -1.01. The van der Waals surface area contributed by atoms with Crippen LogP contribution < -0.4 is 10.6 Å². The molecule has 2 rings (SSSR count). The van der Waals surface area contributed by atoms with Gasteiger partial charge in [-0.05, 0) is 33.3 Å². The SMILES string of the molecule is CNC1(NCCSCc2ccc(CN(C)C)o2)OC1[N+](=O)[O-]. The molecule has 1 fully saturated rings. The number of epoxide rings is 1. The fourth-order valence-electron chi connectivity index (χ4n) is 2.11. The van der Waals surface area contributed by atoms with E-state index in [0.29, 0.717) is 6.54 Å². The molecule has 0 spiro atoms. The average molecular weight is 330 g/mol. The van der Waals surface area contributed by atoms with Crippen molar-refractivity contribution in [2.24, 2.45) is 0 Å². The third kappa shape index (κ3) is 4.43. The number of likely N-dealkylation sites (N-methyl/N-ethyl adjacent to an activating group) is 1. The summed E-state index contributed by atoms with van der Waals surface area (Å²) >= 11 is 1.70. The van der Waals surface area contributed by atoms with E-state index in [0.717, 1.165) is 29.6 Å². The van der Waals surface area contributed by atoms with E-state index in [1.165, 1.54) is 0 Å². The smallest absolute Gasteiger partial charge is 0.375 e. The molecule has 8 nitrogen and oxygen atoms in total. The molecule has 2 atom stereocenters. The zero-order valence-corrected chi connectivity index (χ0v) is 13.8. The monoisotopic (exact) mass is 330 g/mol. The third-order valence-electron chi connectivity index (χ3n) is 3.22. The number of ether oxygens (including phenoxy) is 1. The highest BCUT2D eigenvalue weighted by atomic mass is 32.2. The zero-order valence-electron chi connectivity index (χ0n) is 13.0. The molecule has 0 radical (unpaired) electrons. The molecule has 1 aliphatic heterocycles. The van der Waals surface area contributed by atoms with Gasteiger partial charge in [0.15, 0.2) is 0 Å². The molecule has 1 aromatic heterocycles. The number of nitro groups is 1. The molecule has 1 saturated heterocycles. The van der Waals surface area contributed by atoms with Gasteiger partial charge in [-0.1, -0.05) is 0 Å². The van der Waals surface area contributed by atoms with Gasteiger partial charge in [-0.2, -0.15) is 11.8 Å². The maximum atomic E-state index is 10.7. The van der Waals surface area contributed by atoms with Gasteiger partial charge in [0, 0.05) is 12.3 Å². The summed E-state index contributed by atoms with van der Waals surface area (Å²) < 4.78 is 10.8. The number of rotatable bonds is 10. The van der Waals surface area contributed by atoms with Crippen LogP contribution in [0.4, 0.5) is 0 Å². The Hall–Kier alpha value is -1.13. The van der Waals surface area contributed by atoms with E-state index < -0.39 is 17.0 Å². The zero-order chi connectivity index (χ0) is 16.2. The van der Waals surface area contributed by atoms with Gasteiger partial charge < -0.3 is 9.32 Å². The van der Waals surface area contributed by atoms with Gasteiger partial charge in [-0.15, -0.1) is 0 Å². The Morgan fingerprint density at radius 1 is 1.45 bits per heavy atom. The van der Waals surface area contributed by atoms with E-state index in [4.69, 9.17) is 9.15 Å². The van der Waals surface area contributed by atoms with Crippen molar-refractivity contribution in [3.8, 4) is 0 Å². The summed E-state index contributed by atoms with van der Waals surface area (Å²) in [5.74, 6) is 2.47. The number of nitrogens with zero attached hydrogens (tertiary/aromatic N) is 2. The molecule has 0 aromatic carbocycles. The summed E-state index contributed by atoms with van der Waals surface area (Å²) in [5.41, 5.74) is 0. The molecular weight excluding hydrogens is 308 g/mol. The summed E-state index contributed by atoms with van der Waals surface area (Å²) in [7, 11) is 5.63. The van der Waals surface area contributed by atoms with Crippen LogP contribution in [0.15, 0.2) is 16.5 Å². The fraction of sp³-hybridized carbons (Fsp3) is 0.692. The number of nitrogens with one attached hydrogen (secondary N) is 2. The largest absolute Gasteiger partial charge is 0.464 e. The van der Waals surface area contributed by atoms with Gasteiger partial charge in [0.05, 0.1) is 17.2 Å². The van der Waals surface area contributed by atoms with Gasteiger partial charge in [-0.25, -0.2) is 0 Å². The Labute approximate surface area is 133 Å². The molecular formula is C13H22N4O4S. The Kier molecular flexibility index (Phi) is 5.81. The maximum absolute atomic E-state index is 10.7. The van der Waals surface area contributed by atoms with Crippen molar-refractivity contribution in [1.82, 2.24) is 15.5 Å². The summed E-state index contributed by atoms with van der Waals surface area (Å²) in [6.07, 6.45) is -1.01. The number of thioether (sulfide) groups is 1.